The SMILES string of the molecule is N[C@H](c1cc2ccccc2c2ccccc12)C1CCOCC1. The fourth-order valence-corrected chi connectivity index (χ4v) is 3.69. The zero-order valence-corrected chi connectivity index (χ0v) is 12.7. The summed E-state index contributed by atoms with van der Waals surface area (Å²) in [5.41, 5.74) is 7.95. The molecule has 3 aromatic carbocycles. The molecule has 1 fully saturated rings. The summed E-state index contributed by atoms with van der Waals surface area (Å²) in [5, 5.41) is 5.18. The Morgan fingerprint density at radius 1 is 0.864 bits per heavy atom. The van der Waals surface area contributed by atoms with Crippen molar-refractivity contribution < 1.29 is 4.74 Å². The van der Waals surface area contributed by atoms with Gasteiger partial charge in [0.25, 0.3) is 0 Å². The lowest BCUT2D eigenvalue weighted by molar-refractivity contribution is 0.0585. The summed E-state index contributed by atoms with van der Waals surface area (Å²) in [5.74, 6) is 0.512. The smallest absolute Gasteiger partial charge is 0.0469 e. The van der Waals surface area contributed by atoms with Crippen molar-refractivity contribution in [3.05, 3.63) is 60.2 Å². The second kappa shape index (κ2) is 5.71. The van der Waals surface area contributed by atoms with Gasteiger partial charge in [-0.15, -0.1) is 0 Å². The van der Waals surface area contributed by atoms with E-state index in [-0.39, 0.29) is 6.04 Å². The van der Waals surface area contributed by atoms with E-state index < -0.39 is 0 Å². The van der Waals surface area contributed by atoms with Crippen LogP contribution in [-0.2, 0) is 4.74 Å². The Bertz CT molecular complexity index is 805. The predicted molar refractivity (Wildman–Crippen MR) is 91.9 cm³/mol. The first-order chi connectivity index (χ1) is 10.8. The van der Waals surface area contributed by atoms with E-state index >= 15 is 0 Å². The molecule has 0 spiro atoms. The Labute approximate surface area is 130 Å². The van der Waals surface area contributed by atoms with Gasteiger partial charge >= 0.3 is 0 Å². The van der Waals surface area contributed by atoms with Crippen LogP contribution in [0.4, 0.5) is 0 Å². The monoisotopic (exact) mass is 291 g/mol. The summed E-state index contributed by atoms with van der Waals surface area (Å²) >= 11 is 0. The highest BCUT2D eigenvalue weighted by atomic mass is 16.5. The van der Waals surface area contributed by atoms with Gasteiger partial charge in [0.15, 0.2) is 0 Å². The number of benzene rings is 3. The van der Waals surface area contributed by atoms with E-state index in [9.17, 15) is 0 Å². The Morgan fingerprint density at radius 2 is 1.50 bits per heavy atom. The minimum atomic E-state index is 0.0819. The maximum absolute atomic E-state index is 6.67. The molecule has 2 N–H and O–H groups in total. The van der Waals surface area contributed by atoms with Crippen LogP contribution in [0.5, 0.6) is 0 Å². The zero-order chi connectivity index (χ0) is 14.9. The highest BCUT2D eigenvalue weighted by Gasteiger charge is 2.24. The van der Waals surface area contributed by atoms with Crippen LogP contribution in [0.15, 0.2) is 54.6 Å². The van der Waals surface area contributed by atoms with Crippen molar-refractivity contribution in [2.45, 2.75) is 18.9 Å². The van der Waals surface area contributed by atoms with Crippen LogP contribution in [0, 0.1) is 5.92 Å². The maximum atomic E-state index is 6.67. The molecule has 1 aliphatic rings. The van der Waals surface area contributed by atoms with Crippen LogP contribution >= 0.6 is 0 Å². The van der Waals surface area contributed by atoms with E-state index in [4.69, 9.17) is 10.5 Å². The first-order valence-electron chi connectivity index (χ1n) is 8.08. The second-order valence-corrected chi connectivity index (χ2v) is 6.21. The first-order valence-corrected chi connectivity index (χ1v) is 8.08. The fraction of sp³-hybridized carbons (Fsp3) is 0.300. The molecule has 1 aliphatic heterocycles. The Morgan fingerprint density at radius 3 is 2.27 bits per heavy atom. The van der Waals surface area contributed by atoms with Crippen LogP contribution in [0.2, 0.25) is 0 Å². The molecule has 1 atom stereocenters. The summed E-state index contributed by atoms with van der Waals surface area (Å²) in [7, 11) is 0. The fourth-order valence-electron chi connectivity index (χ4n) is 3.69. The second-order valence-electron chi connectivity index (χ2n) is 6.21. The molecule has 2 heteroatoms. The van der Waals surface area contributed by atoms with Crippen molar-refractivity contribution >= 4 is 21.5 Å². The molecule has 1 heterocycles. The molecule has 1 saturated heterocycles. The number of hydrogen-bond donors (Lipinski definition) is 1. The third-order valence-electron chi connectivity index (χ3n) is 4.93. The number of nitrogens with two attached hydrogens (primary N) is 1. The first kappa shape index (κ1) is 13.7. The van der Waals surface area contributed by atoms with Crippen LogP contribution in [0.1, 0.15) is 24.4 Å². The van der Waals surface area contributed by atoms with Gasteiger partial charge in [0, 0.05) is 19.3 Å². The van der Waals surface area contributed by atoms with Crippen molar-refractivity contribution in [2.75, 3.05) is 13.2 Å². The van der Waals surface area contributed by atoms with Crippen molar-refractivity contribution in [2.24, 2.45) is 11.7 Å². The molecule has 0 aliphatic carbocycles. The van der Waals surface area contributed by atoms with Gasteiger partial charge < -0.3 is 10.5 Å². The minimum Gasteiger partial charge on any atom is -0.381 e. The molecule has 22 heavy (non-hydrogen) atoms. The Kier molecular flexibility index (Phi) is 3.57. The van der Waals surface area contributed by atoms with Crippen LogP contribution in [0.25, 0.3) is 21.5 Å². The molecular formula is C20H21NO. The van der Waals surface area contributed by atoms with Gasteiger partial charge in [0.05, 0.1) is 0 Å². The number of ether oxygens (including phenoxy) is 1. The van der Waals surface area contributed by atoms with E-state index in [0.29, 0.717) is 5.92 Å². The van der Waals surface area contributed by atoms with Gasteiger partial charge in [-0.2, -0.15) is 0 Å². The molecule has 3 aromatic rings. The molecule has 112 valence electrons. The summed E-state index contributed by atoms with van der Waals surface area (Å²) in [4.78, 5) is 0. The van der Waals surface area contributed by atoms with Crippen LogP contribution in [-0.4, -0.2) is 13.2 Å². The Hall–Kier alpha value is -1.90. The van der Waals surface area contributed by atoms with E-state index in [1.807, 2.05) is 0 Å². The lowest BCUT2D eigenvalue weighted by Crippen LogP contribution is -2.27. The average molecular weight is 291 g/mol. The summed E-state index contributed by atoms with van der Waals surface area (Å²) < 4.78 is 5.49. The Balaban J connectivity index is 1.91. The minimum absolute atomic E-state index is 0.0819. The number of hydrogen-bond acceptors (Lipinski definition) is 2. The van der Waals surface area contributed by atoms with Crippen molar-refractivity contribution in [3.63, 3.8) is 0 Å². The van der Waals surface area contributed by atoms with E-state index in [0.717, 1.165) is 26.1 Å². The molecule has 4 rings (SSSR count). The van der Waals surface area contributed by atoms with E-state index in [2.05, 4.69) is 54.6 Å². The average Bonchev–Trinajstić information content (AvgIpc) is 2.61. The summed E-state index contributed by atoms with van der Waals surface area (Å²) in [6, 6.07) is 19.6. The molecule has 2 nitrogen and oxygen atoms in total. The molecule has 0 radical (unpaired) electrons. The number of rotatable bonds is 2. The molecule has 0 amide bonds. The van der Waals surface area contributed by atoms with Gasteiger partial charge in [-0.25, -0.2) is 0 Å². The van der Waals surface area contributed by atoms with E-state index in [1.54, 1.807) is 0 Å². The lowest BCUT2D eigenvalue weighted by atomic mass is 9.84. The molecule has 0 aromatic heterocycles. The number of fused-ring (bicyclic) bond motifs is 3. The summed E-state index contributed by atoms with van der Waals surface area (Å²) in [6.07, 6.45) is 2.12. The third-order valence-corrected chi connectivity index (χ3v) is 4.93. The third kappa shape index (κ3) is 2.29. The molecule has 0 unspecified atom stereocenters. The standard InChI is InChI=1S/C20H21NO/c21-20(14-9-11-22-12-10-14)19-13-15-5-1-2-6-16(15)17-7-3-4-8-18(17)19/h1-8,13-14,20H,9-12,21H2/t20-/m0/s1. The summed E-state index contributed by atoms with van der Waals surface area (Å²) in [6.45, 7) is 1.67. The van der Waals surface area contributed by atoms with Gasteiger partial charge in [0.2, 0.25) is 0 Å². The van der Waals surface area contributed by atoms with Gasteiger partial charge in [-0.3, -0.25) is 0 Å². The molecule has 0 bridgehead atoms. The van der Waals surface area contributed by atoms with Crippen LogP contribution < -0.4 is 5.73 Å². The van der Waals surface area contributed by atoms with Gasteiger partial charge in [0.1, 0.15) is 0 Å². The van der Waals surface area contributed by atoms with Crippen LogP contribution in [0.3, 0.4) is 0 Å². The zero-order valence-electron chi connectivity index (χ0n) is 12.7. The topological polar surface area (TPSA) is 35.2 Å². The van der Waals surface area contributed by atoms with Gasteiger partial charge in [-0.05, 0) is 51.9 Å². The largest absolute Gasteiger partial charge is 0.381 e. The predicted octanol–water partition coefficient (Wildman–Crippen LogP) is 4.42. The highest BCUT2D eigenvalue weighted by Crippen LogP contribution is 2.36. The van der Waals surface area contributed by atoms with Crippen molar-refractivity contribution in [1.29, 1.82) is 0 Å². The maximum Gasteiger partial charge on any atom is 0.0469 e. The molecule has 0 saturated carbocycles. The van der Waals surface area contributed by atoms with Gasteiger partial charge in [-0.1, -0.05) is 48.5 Å². The normalized spacial score (nSPS) is 17.9. The lowest BCUT2D eigenvalue weighted by Gasteiger charge is -2.29. The van der Waals surface area contributed by atoms with Crippen molar-refractivity contribution in [1.82, 2.24) is 0 Å². The highest BCUT2D eigenvalue weighted by molar-refractivity contribution is 6.09. The quantitative estimate of drug-likeness (QED) is 0.709. The van der Waals surface area contributed by atoms with E-state index in [1.165, 1.54) is 27.1 Å². The van der Waals surface area contributed by atoms with Crippen molar-refractivity contribution in [3.8, 4) is 0 Å². The molecular weight excluding hydrogens is 270 g/mol.